The number of anilines is 1. The second kappa shape index (κ2) is 6.22. The topological polar surface area (TPSA) is 45.2 Å². The summed E-state index contributed by atoms with van der Waals surface area (Å²) in [6.07, 6.45) is 4.68. The van der Waals surface area contributed by atoms with E-state index in [1.54, 1.807) is 6.20 Å². The molecule has 1 atom stereocenters. The van der Waals surface area contributed by atoms with Crippen molar-refractivity contribution < 1.29 is 4.79 Å². The van der Waals surface area contributed by atoms with Gasteiger partial charge < -0.3 is 10.2 Å². The van der Waals surface area contributed by atoms with Crippen LogP contribution < -0.4 is 5.32 Å². The number of aromatic nitrogens is 1. The summed E-state index contributed by atoms with van der Waals surface area (Å²) in [4.78, 5) is 19.0. The van der Waals surface area contributed by atoms with E-state index in [4.69, 9.17) is 0 Å². The van der Waals surface area contributed by atoms with Gasteiger partial charge in [0.25, 0.3) is 0 Å². The van der Waals surface area contributed by atoms with Gasteiger partial charge in [-0.25, -0.2) is 0 Å². The van der Waals surface area contributed by atoms with Crippen molar-refractivity contribution in [1.29, 1.82) is 0 Å². The highest BCUT2D eigenvalue weighted by Gasteiger charge is 2.20. The summed E-state index contributed by atoms with van der Waals surface area (Å²) in [5, 5.41) is 4.08. The lowest BCUT2D eigenvalue weighted by Crippen LogP contribution is -2.34. The summed E-state index contributed by atoms with van der Waals surface area (Å²) in [6.45, 7) is 2.16. The molecule has 2 heterocycles. The predicted molar refractivity (Wildman–Crippen MR) is 85.2 cm³/mol. The third kappa shape index (κ3) is 3.39. The van der Waals surface area contributed by atoms with E-state index < -0.39 is 0 Å². The molecule has 1 aliphatic heterocycles. The fraction of sp³-hybridized carbons (Fsp3) is 0.412. The summed E-state index contributed by atoms with van der Waals surface area (Å²) in [5.74, 6) is 0.556. The molecule has 0 aliphatic carbocycles. The highest BCUT2D eigenvalue weighted by Crippen LogP contribution is 2.23. The van der Waals surface area contributed by atoms with Crippen LogP contribution in [0.5, 0.6) is 0 Å². The Labute approximate surface area is 125 Å². The molecule has 0 saturated carbocycles. The number of para-hydroxylation sites is 1. The number of nitrogens with one attached hydrogen (secondary N) is 1. The molecule has 2 aromatic rings. The number of piperidine rings is 1. The Balaban J connectivity index is 1.69. The molecule has 1 amide bonds. The van der Waals surface area contributed by atoms with Crippen LogP contribution in [0.4, 0.5) is 5.69 Å². The number of carbonyl (C=O) groups excluding carboxylic acids is 1. The van der Waals surface area contributed by atoms with E-state index in [1.165, 1.54) is 6.42 Å². The lowest BCUT2D eigenvalue weighted by molar-refractivity contribution is -0.117. The number of amides is 1. The third-order valence-electron chi connectivity index (χ3n) is 4.10. The van der Waals surface area contributed by atoms with Gasteiger partial charge in [0, 0.05) is 24.5 Å². The van der Waals surface area contributed by atoms with Crippen molar-refractivity contribution in [3.05, 3.63) is 36.5 Å². The number of carbonyl (C=O) groups is 1. The molecule has 1 aromatic heterocycles. The molecule has 1 aromatic carbocycles. The van der Waals surface area contributed by atoms with Gasteiger partial charge in [0.2, 0.25) is 5.91 Å². The first-order chi connectivity index (χ1) is 10.2. The predicted octanol–water partition coefficient (Wildman–Crippen LogP) is 2.91. The van der Waals surface area contributed by atoms with Gasteiger partial charge in [0.15, 0.2) is 0 Å². The van der Waals surface area contributed by atoms with Crippen LogP contribution in [0, 0.1) is 5.92 Å². The zero-order valence-electron chi connectivity index (χ0n) is 12.4. The first-order valence-corrected chi connectivity index (χ1v) is 7.54. The average Bonchev–Trinajstić information content (AvgIpc) is 2.47. The number of likely N-dealkylation sites (tertiary alicyclic amines) is 1. The van der Waals surface area contributed by atoms with Gasteiger partial charge in [-0.1, -0.05) is 18.2 Å². The number of hydrogen-bond donors (Lipinski definition) is 1. The van der Waals surface area contributed by atoms with Crippen molar-refractivity contribution in [2.45, 2.75) is 19.3 Å². The van der Waals surface area contributed by atoms with Crippen molar-refractivity contribution in [2.24, 2.45) is 5.92 Å². The molecule has 0 bridgehead atoms. The number of hydrogen-bond acceptors (Lipinski definition) is 3. The SMILES string of the molecule is CN1CCCC(CC(=O)Nc2cccc3cccnc23)C1. The summed E-state index contributed by atoms with van der Waals surface area (Å²) in [7, 11) is 2.12. The highest BCUT2D eigenvalue weighted by atomic mass is 16.1. The van der Waals surface area contributed by atoms with Crippen LogP contribution in [0.2, 0.25) is 0 Å². The van der Waals surface area contributed by atoms with Crippen LogP contribution in [-0.2, 0) is 4.79 Å². The first kappa shape index (κ1) is 14.0. The molecule has 3 rings (SSSR count). The highest BCUT2D eigenvalue weighted by molar-refractivity contribution is 6.00. The van der Waals surface area contributed by atoms with Crippen LogP contribution >= 0.6 is 0 Å². The lowest BCUT2D eigenvalue weighted by atomic mass is 9.95. The molecule has 21 heavy (non-hydrogen) atoms. The van der Waals surface area contributed by atoms with E-state index in [2.05, 4.69) is 22.2 Å². The van der Waals surface area contributed by atoms with Gasteiger partial charge in [-0.2, -0.15) is 0 Å². The number of pyridine rings is 1. The maximum absolute atomic E-state index is 12.3. The van der Waals surface area contributed by atoms with Gasteiger partial charge in [0.05, 0.1) is 11.2 Å². The monoisotopic (exact) mass is 283 g/mol. The van der Waals surface area contributed by atoms with Crippen molar-refractivity contribution in [2.75, 3.05) is 25.5 Å². The maximum atomic E-state index is 12.3. The Kier molecular flexibility index (Phi) is 4.15. The molecule has 4 nitrogen and oxygen atoms in total. The van der Waals surface area contributed by atoms with Gasteiger partial charge >= 0.3 is 0 Å². The summed E-state index contributed by atoms with van der Waals surface area (Å²) >= 11 is 0. The van der Waals surface area contributed by atoms with Crippen LogP contribution in [0.1, 0.15) is 19.3 Å². The van der Waals surface area contributed by atoms with Crippen LogP contribution in [-0.4, -0.2) is 35.9 Å². The van der Waals surface area contributed by atoms with Gasteiger partial charge in [-0.3, -0.25) is 9.78 Å². The first-order valence-electron chi connectivity index (χ1n) is 7.54. The molecular formula is C17H21N3O. The quantitative estimate of drug-likeness (QED) is 0.942. The molecule has 1 N–H and O–H groups in total. The second-order valence-corrected chi connectivity index (χ2v) is 5.90. The van der Waals surface area contributed by atoms with Crippen molar-refractivity contribution >= 4 is 22.5 Å². The number of benzene rings is 1. The van der Waals surface area contributed by atoms with Gasteiger partial charge in [0.1, 0.15) is 0 Å². The standard InChI is InChI=1S/C17H21N3O/c1-20-10-4-5-13(12-20)11-16(21)19-15-8-2-6-14-7-3-9-18-17(14)15/h2-3,6-9,13H,4-5,10-12H2,1H3,(H,19,21). The van der Waals surface area contributed by atoms with Crippen molar-refractivity contribution in [3.8, 4) is 0 Å². The molecule has 0 radical (unpaired) electrons. The maximum Gasteiger partial charge on any atom is 0.224 e. The molecule has 1 saturated heterocycles. The Morgan fingerprint density at radius 1 is 1.38 bits per heavy atom. The minimum atomic E-state index is 0.0912. The molecule has 1 unspecified atom stereocenters. The summed E-state index contributed by atoms with van der Waals surface area (Å²) in [6, 6.07) is 9.79. The number of rotatable bonds is 3. The zero-order valence-corrected chi connectivity index (χ0v) is 12.4. The minimum Gasteiger partial charge on any atom is -0.324 e. The van der Waals surface area contributed by atoms with E-state index in [-0.39, 0.29) is 5.91 Å². The smallest absolute Gasteiger partial charge is 0.224 e. The lowest BCUT2D eigenvalue weighted by Gasteiger charge is -2.29. The molecule has 4 heteroatoms. The minimum absolute atomic E-state index is 0.0912. The van der Waals surface area contributed by atoms with Crippen LogP contribution in [0.15, 0.2) is 36.5 Å². The molecule has 1 fully saturated rings. The summed E-state index contributed by atoms with van der Waals surface area (Å²) in [5.41, 5.74) is 1.66. The summed E-state index contributed by atoms with van der Waals surface area (Å²) < 4.78 is 0. The van der Waals surface area contributed by atoms with E-state index in [9.17, 15) is 4.79 Å². The Bertz CT molecular complexity index is 635. The van der Waals surface area contributed by atoms with E-state index in [0.717, 1.165) is 36.1 Å². The van der Waals surface area contributed by atoms with E-state index >= 15 is 0 Å². The zero-order chi connectivity index (χ0) is 14.7. The van der Waals surface area contributed by atoms with Crippen molar-refractivity contribution in [1.82, 2.24) is 9.88 Å². The second-order valence-electron chi connectivity index (χ2n) is 5.90. The number of nitrogens with zero attached hydrogens (tertiary/aromatic N) is 2. The van der Waals surface area contributed by atoms with Gasteiger partial charge in [-0.15, -0.1) is 0 Å². The molecule has 110 valence electrons. The average molecular weight is 283 g/mol. The third-order valence-corrected chi connectivity index (χ3v) is 4.10. The largest absolute Gasteiger partial charge is 0.324 e. The van der Waals surface area contributed by atoms with Crippen molar-refractivity contribution in [3.63, 3.8) is 0 Å². The fourth-order valence-corrected chi connectivity index (χ4v) is 3.11. The van der Waals surface area contributed by atoms with Crippen LogP contribution in [0.3, 0.4) is 0 Å². The van der Waals surface area contributed by atoms with Crippen LogP contribution in [0.25, 0.3) is 10.9 Å². The molecule has 1 aliphatic rings. The fourth-order valence-electron chi connectivity index (χ4n) is 3.11. The van der Waals surface area contributed by atoms with E-state index in [0.29, 0.717) is 12.3 Å². The Morgan fingerprint density at radius 2 is 2.24 bits per heavy atom. The van der Waals surface area contributed by atoms with E-state index in [1.807, 2.05) is 30.3 Å². The molecule has 0 spiro atoms. The number of fused-ring (bicyclic) bond motifs is 1. The molecular weight excluding hydrogens is 262 g/mol. The Hall–Kier alpha value is -1.94. The normalized spacial score (nSPS) is 19.6. The van der Waals surface area contributed by atoms with Gasteiger partial charge in [-0.05, 0) is 44.5 Å². The Morgan fingerprint density at radius 3 is 3.10 bits per heavy atom.